The second kappa shape index (κ2) is 5.44. The van der Waals surface area contributed by atoms with E-state index in [9.17, 15) is 4.39 Å². The van der Waals surface area contributed by atoms with Crippen molar-refractivity contribution in [2.75, 3.05) is 11.9 Å². The molecule has 0 atom stereocenters. The molecule has 0 aliphatic rings. The Morgan fingerprint density at radius 3 is 2.53 bits per heavy atom. The van der Waals surface area contributed by atoms with Crippen LogP contribution in [0.15, 0.2) is 30.6 Å². The van der Waals surface area contributed by atoms with Crippen LogP contribution in [0, 0.1) is 17.1 Å². The zero-order chi connectivity index (χ0) is 13.8. The number of halogens is 1. The minimum atomic E-state index is -0.406. The molecule has 0 spiro atoms. The van der Waals surface area contributed by atoms with Gasteiger partial charge in [0, 0.05) is 12.7 Å². The summed E-state index contributed by atoms with van der Waals surface area (Å²) in [7, 11) is 1.73. The zero-order valence-corrected chi connectivity index (χ0v) is 10.8. The van der Waals surface area contributed by atoms with E-state index in [1.165, 1.54) is 6.33 Å². The number of nitrogens with zero attached hydrogens (tertiary/aromatic N) is 4. The Hall–Kier alpha value is -2.48. The third kappa shape index (κ3) is 2.52. The molecule has 0 saturated heterocycles. The van der Waals surface area contributed by atoms with Crippen LogP contribution in [0.5, 0.6) is 0 Å². The fourth-order valence-corrected chi connectivity index (χ4v) is 1.76. The highest BCUT2D eigenvalue weighted by Crippen LogP contribution is 2.25. The standard InChI is InChI=1S/C14H13FN4/c1-3-12-13(15)14(18-9-17-12)19(2)11-6-4-10(8-16)5-7-11/h4-7,9H,3H2,1-2H3. The lowest BCUT2D eigenvalue weighted by molar-refractivity contribution is 0.593. The number of rotatable bonds is 3. The highest BCUT2D eigenvalue weighted by Gasteiger charge is 2.14. The Labute approximate surface area is 111 Å². The lowest BCUT2D eigenvalue weighted by Crippen LogP contribution is -2.14. The van der Waals surface area contributed by atoms with E-state index in [1.54, 1.807) is 36.2 Å². The number of anilines is 2. The van der Waals surface area contributed by atoms with Crippen molar-refractivity contribution >= 4 is 11.5 Å². The summed E-state index contributed by atoms with van der Waals surface area (Å²) >= 11 is 0. The van der Waals surface area contributed by atoms with Gasteiger partial charge in [-0.3, -0.25) is 0 Å². The van der Waals surface area contributed by atoms with Crippen LogP contribution in [0.4, 0.5) is 15.9 Å². The van der Waals surface area contributed by atoms with Crippen LogP contribution in [0.25, 0.3) is 0 Å². The summed E-state index contributed by atoms with van der Waals surface area (Å²) in [6.07, 6.45) is 1.87. The number of hydrogen-bond donors (Lipinski definition) is 0. The first-order chi connectivity index (χ1) is 9.17. The largest absolute Gasteiger partial charge is 0.327 e. The molecule has 5 heteroatoms. The molecule has 2 rings (SSSR count). The number of hydrogen-bond acceptors (Lipinski definition) is 4. The normalized spacial score (nSPS) is 10.0. The van der Waals surface area contributed by atoms with Crippen LogP contribution in [0.3, 0.4) is 0 Å². The summed E-state index contributed by atoms with van der Waals surface area (Å²) in [6, 6.07) is 8.93. The molecule has 1 aromatic heterocycles. The molecule has 2 aromatic rings. The number of benzene rings is 1. The molecule has 0 N–H and O–H groups in total. The predicted octanol–water partition coefficient (Wildman–Crippen LogP) is 2.82. The third-order valence-corrected chi connectivity index (χ3v) is 2.88. The maximum absolute atomic E-state index is 14.1. The Bertz CT molecular complexity index is 616. The van der Waals surface area contributed by atoms with Crippen LogP contribution >= 0.6 is 0 Å². The summed E-state index contributed by atoms with van der Waals surface area (Å²) < 4.78 is 14.1. The van der Waals surface area contributed by atoms with Crippen molar-refractivity contribution in [1.82, 2.24) is 9.97 Å². The molecule has 96 valence electrons. The number of aryl methyl sites for hydroxylation is 1. The average molecular weight is 256 g/mol. The minimum Gasteiger partial charge on any atom is -0.327 e. The first-order valence-corrected chi connectivity index (χ1v) is 5.90. The Balaban J connectivity index is 2.38. The molecule has 1 heterocycles. The van der Waals surface area contributed by atoms with Crippen molar-refractivity contribution in [1.29, 1.82) is 5.26 Å². The fourth-order valence-electron chi connectivity index (χ4n) is 1.76. The zero-order valence-electron chi connectivity index (χ0n) is 10.8. The summed E-state index contributed by atoms with van der Waals surface area (Å²) in [4.78, 5) is 9.52. The van der Waals surface area contributed by atoms with E-state index >= 15 is 0 Å². The van der Waals surface area contributed by atoms with Crippen molar-refractivity contribution in [3.8, 4) is 6.07 Å². The molecule has 19 heavy (non-hydrogen) atoms. The summed E-state index contributed by atoms with van der Waals surface area (Å²) in [5.74, 6) is -0.173. The smallest absolute Gasteiger partial charge is 0.187 e. The first-order valence-electron chi connectivity index (χ1n) is 5.90. The number of aromatic nitrogens is 2. The van der Waals surface area contributed by atoms with Crippen molar-refractivity contribution in [2.45, 2.75) is 13.3 Å². The van der Waals surface area contributed by atoms with E-state index in [-0.39, 0.29) is 5.82 Å². The van der Waals surface area contributed by atoms with Crippen molar-refractivity contribution < 1.29 is 4.39 Å². The quantitative estimate of drug-likeness (QED) is 0.847. The van der Waals surface area contributed by atoms with Crippen LogP contribution in [0.2, 0.25) is 0 Å². The molecular weight excluding hydrogens is 243 g/mol. The van der Waals surface area contributed by atoms with Gasteiger partial charge in [-0.1, -0.05) is 6.92 Å². The average Bonchev–Trinajstić information content (AvgIpc) is 2.47. The maximum Gasteiger partial charge on any atom is 0.187 e. The summed E-state index contributed by atoms with van der Waals surface area (Å²) in [6.45, 7) is 1.84. The predicted molar refractivity (Wildman–Crippen MR) is 70.6 cm³/mol. The topological polar surface area (TPSA) is 52.8 Å². The van der Waals surface area contributed by atoms with Gasteiger partial charge in [0.2, 0.25) is 0 Å². The van der Waals surface area contributed by atoms with Gasteiger partial charge in [-0.05, 0) is 30.7 Å². The van der Waals surface area contributed by atoms with E-state index in [0.29, 0.717) is 17.7 Å². The number of nitriles is 1. The van der Waals surface area contributed by atoms with Gasteiger partial charge in [-0.25, -0.2) is 14.4 Å². The Morgan fingerprint density at radius 1 is 1.26 bits per heavy atom. The van der Waals surface area contributed by atoms with E-state index in [1.807, 2.05) is 13.0 Å². The van der Waals surface area contributed by atoms with Crippen molar-refractivity contribution in [3.63, 3.8) is 0 Å². The van der Waals surface area contributed by atoms with E-state index in [0.717, 1.165) is 5.69 Å². The highest BCUT2D eigenvalue weighted by molar-refractivity contribution is 5.60. The van der Waals surface area contributed by atoms with Gasteiger partial charge in [0.25, 0.3) is 0 Å². The van der Waals surface area contributed by atoms with Gasteiger partial charge in [0.15, 0.2) is 11.6 Å². The summed E-state index contributed by atoms with van der Waals surface area (Å²) in [5, 5.41) is 8.75. The fraction of sp³-hybridized carbons (Fsp3) is 0.214. The molecule has 0 amide bonds. The SMILES string of the molecule is CCc1ncnc(N(C)c2ccc(C#N)cc2)c1F. The summed E-state index contributed by atoms with van der Waals surface area (Å²) in [5.41, 5.74) is 1.72. The van der Waals surface area contributed by atoms with E-state index in [4.69, 9.17) is 5.26 Å². The Morgan fingerprint density at radius 2 is 1.95 bits per heavy atom. The van der Waals surface area contributed by atoms with Gasteiger partial charge in [-0.15, -0.1) is 0 Å². The highest BCUT2D eigenvalue weighted by atomic mass is 19.1. The van der Waals surface area contributed by atoms with Crippen LogP contribution in [0.1, 0.15) is 18.2 Å². The first kappa shape index (κ1) is 13.0. The van der Waals surface area contributed by atoms with E-state index < -0.39 is 5.82 Å². The van der Waals surface area contributed by atoms with Gasteiger partial charge in [0.1, 0.15) is 6.33 Å². The molecular formula is C14H13FN4. The van der Waals surface area contributed by atoms with Gasteiger partial charge < -0.3 is 4.90 Å². The Kier molecular flexibility index (Phi) is 3.71. The molecule has 0 bridgehead atoms. The van der Waals surface area contributed by atoms with Crippen LogP contribution < -0.4 is 4.90 Å². The molecule has 0 unspecified atom stereocenters. The molecule has 0 aliphatic heterocycles. The van der Waals surface area contributed by atoms with E-state index in [2.05, 4.69) is 9.97 Å². The third-order valence-electron chi connectivity index (χ3n) is 2.88. The van der Waals surface area contributed by atoms with Crippen LogP contribution in [-0.2, 0) is 6.42 Å². The molecule has 4 nitrogen and oxygen atoms in total. The van der Waals surface area contributed by atoms with Gasteiger partial charge >= 0.3 is 0 Å². The van der Waals surface area contributed by atoms with Crippen molar-refractivity contribution in [3.05, 3.63) is 47.7 Å². The molecule has 0 radical (unpaired) electrons. The minimum absolute atomic E-state index is 0.233. The van der Waals surface area contributed by atoms with Crippen molar-refractivity contribution in [2.24, 2.45) is 0 Å². The molecule has 1 aromatic carbocycles. The van der Waals surface area contributed by atoms with Gasteiger partial charge in [0.05, 0.1) is 17.3 Å². The van der Waals surface area contributed by atoms with Crippen LogP contribution in [-0.4, -0.2) is 17.0 Å². The maximum atomic E-state index is 14.1. The van der Waals surface area contributed by atoms with Gasteiger partial charge in [-0.2, -0.15) is 5.26 Å². The second-order valence-corrected chi connectivity index (χ2v) is 4.03. The lowest BCUT2D eigenvalue weighted by atomic mass is 10.2. The lowest BCUT2D eigenvalue weighted by Gasteiger charge is -2.19. The molecule has 0 saturated carbocycles. The monoisotopic (exact) mass is 256 g/mol. The second-order valence-electron chi connectivity index (χ2n) is 4.03. The molecule has 0 aliphatic carbocycles. The molecule has 0 fully saturated rings.